The summed E-state index contributed by atoms with van der Waals surface area (Å²) in [6.45, 7) is 8.66. The summed E-state index contributed by atoms with van der Waals surface area (Å²) in [6, 6.07) is 8.00. The molecule has 3 aliphatic rings. The average Bonchev–Trinajstić information content (AvgIpc) is 2.69. The number of nitrogens with one attached hydrogen (secondary N) is 1. The topological polar surface area (TPSA) is 55.1 Å². The Morgan fingerprint density at radius 1 is 1.04 bits per heavy atom. The predicted octanol–water partition coefficient (Wildman–Crippen LogP) is 2.87. The molecule has 146 valence electrons. The second-order valence-corrected chi connectivity index (χ2v) is 7.96. The van der Waals surface area contributed by atoms with E-state index in [0.717, 1.165) is 70.6 Å². The second-order valence-electron chi connectivity index (χ2n) is 7.96. The summed E-state index contributed by atoms with van der Waals surface area (Å²) in [7, 11) is 0. The third-order valence-corrected chi connectivity index (χ3v) is 5.41. The molecule has 0 fully saturated rings. The monoisotopic (exact) mass is 380 g/mol. The fraction of sp³-hybridized carbons (Fsp3) is 0.455. The van der Waals surface area contributed by atoms with Gasteiger partial charge in [-0.1, -0.05) is 13.8 Å². The number of benzene rings is 2. The van der Waals surface area contributed by atoms with Gasteiger partial charge in [-0.25, -0.2) is 9.57 Å². The predicted molar refractivity (Wildman–Crippen MR) is 108 cm³/mol. The molecular formula is C22H26N3O3+. The lowest BCUT2D eigenvalue weighted by Crippen LogP contribution is -2.40. The van der Waals surface area contributed by atoms with E-state index in [9.17, 15) is 0 Å². The third kappa shape index (κ3) is 3.17. The molecule has 1 N–H and O–H groups in total. The molecule has 0 bridgehead atoms. The van der Waals surface area contributed by atoms with Crippen molar-refractivity contribution in [2.45, 2.75) is 26.7 Å². The van der Waals surface area contributed by atoms with Crippen LogP contribution in [0.4, 0.5) is 11.4 Å². The maximum atomic E-state index is 6.23. The first kappa shape index (κ1) is 17.3. The molecule has 0 unspecified atom stereocenters. The zero-order valence-corrected chi connectivity index (χ0v) is 16.5. The van der Waals surface area contributed by atoms with E-state index in [-0.39, 0.29) is 0 Å². The minimum atomic E-state index is 0.664. The summed E-state index contributed by atoms with van der Waals surface area (Å²) in [4.78, 5) is 4.80. The van der Waals surface area contributed by atoms with Gasteiger partial charge in [0.25, 0.3) is 0 Å². The van der Waals surface area contributed by atoms with E-state index in [4.69, 9.17) is 19.2 Å². The summed E-state index contributed by atoms with van der Waals surface area (Å²) in [5.41, 5.74) is 1.75. The second kappa shape index (κ2) is 7.00. The lowest BCUT2D eigenvalue weighted by molar-refractivity contribution is 0.268. The zero-order valence-electron chi connectivity index (χ0n) is 16.5. The highest BCUT2D eigenvalue weighted by molar-refractivity contribution is 5.71. The van der Waals surface area contributed by atoms with E-state index < -0.39 is 0 Å². The van der Waals surface area contributed by atoms with Gasteiger partial charge in [0, 0.05) is 31.2 Å². The van der Waals surface area contributed by atoms with Crippen LogP contribution in [0.3, 0.4) is 0 Å². The molecule has 0 aromatic heterocycles. The van der Waals surface area contributed by atoms with Crippen LogP contribution < -0.4 is 34.8 Å². The Morgan fingerprint density at radius 3 is 2.82 bits per heavy atom. The van der Waals surface area contributed by atoms with Gasteiger partial charge >= 0.3 is 0 Å². The summed E-state index contributed by atoms with van der Waals surface area (Å²) in [5.74, 6) is 3.98. The first-order chi connectivity index (χ1) is 13.7. The van der Waals surface area contributed by atoms with Crippen molar-refractivity contribution >= 4 is 11.4 Å². The fourth-order valence-electron chi connectivity index (χ4n) is 3.95. The molecule has 3 heterocycles. The highest BCUT2D eigenvalue weighted by atomic mass is 16.5. The average molecular weight is 380 g/mol. The number of fused-ring (bicyclic) bond motifs is 4. The minimum Gasteiger partial charge on any atom is -0.490 e. The van der Waals surface area contributed by atoms with Gasteiger partial charge < -0.3 is 19.5 Å². The summed E-state index contributed by atoms with van der Waals surface area (Å²) in [5, 5.41) is 5.26. The van der Waals surface area contributed by atoms with Crippen LogP contribution in [0.25, 0.3) is 0 Å². The largest absolute Gasteiger partial charge is 0.490 e. The summed E-state index contributed by atoms with van der Waals surface area (Å²) >= 11 is 0. The molecular weight excluding hydrogens is 354 g/mol. The van der Waals surface area contributed by atoms with Gasteiger partial charge in [-0.15, -0.1) is 0 Å². The molecule has 6 nitrogen and oxygen atoms in total. The molecule has 0 aliphatic carbocycles. The van der Waals surface area contributed by atoms with Crippen LogP contribution in [0.2, 0.25) is 0 Å². The van der Waals surface area contributed by atoms with Gasteiger partial charge in [0.15, 0.2) is 23.8 Å². The molecule has 0 atom stereocenters. The van der Waals surface area contributed by atoms with E-state index in [1.165, 1.54) is 12.8 Å². The van der Waals surface area contributed by atoms with Gasteiger partial charge in [-0.05, 0) is 12.3 Å². The SMILES string of the molecule is CC(C)CCC[N+]1=c2cc3c(cc2OCC1)=Nc1cc2c(cc1O3)NCCO2. The van der Waals surface area contributed by atoms with E-state index in [2.05, 4.69) is 29.8 Å². The Kier molecular flexibility index (Phi) is 4.34. The van der Waals surface area contributed by atoms with Gasteiger partial charge in [0.05, 0.1) is 11.8 Å². The number of anilines is 1. The zero-order chi connectivity index (χ0) is 19.1. The first-order valence-corrected chi connectivity index (χ1v) is 10.2. The summed E-state index contributed by atoms with van der Waals surface area (Å²) < 4.78 is 20.3. The van der Waals surface area contributed by atoms with Crippen molar-refractivity contribution in [2.24, 2.45) is 10.9 Å². The Morgan fingerprint density at radius 2 is 1.93 bits per heavy atom. The van der Waals surface area contributed by atoms with Crippen molar-refractivity contribution in [1.82, 2.24) is 4.58 Å². The molecule has 28 heavy (non-hydrogen) atoms. The van der Waals surface area contributed by atoms with Gasteiger partial charge in [-0.3, -0.25) is 0 Å². The molecule has 0 spiro atoms. The summed E-state index contributed by atoms with van der Waals surface area (Å²) in [6.07, 6.45) is 2.41. The standard InChI is InChI=1S/C22H25N3O3/c1-14(2)4-3-6-25-7-9-27-22-12-17-21(13-18(22)25)28-20-10-15-19(11-16(20)24-17)26-8-5-23-15/h10-14H,3-9H2,1-2H3/p+1. The van der Waals surface area contributed by atoms with Crippen molar-refractivity contribution in [2.75, 3.05) is 38.2 Å². The van der Waals surface area contributed by atoms with E-state index in [1.54, 1.807) is 0 Å². The Balaban J connectivity index is 1.55. The Labute approximate surface area is 164 Å². The molecule has 3 aliphatic heterocycles. The minimum absolute atomic E-state index is 0.664. The number of rotatable bonds is 4. The fourth-order valence-corrected chi connectivity index (χ4v) is 3.95. The van der Waals surface area contributed by atoms with E-state index in [1.807, 2.05) is 18.2 Å². The van der Waals surface area contributed by atoms with Crippen LogP contribution >= 0.6 is 0 Å². The van der Waals surface area contributed by atoms with Crippen molar-refractivity contribution in [1.29, 1.82) is 0 Å². The molecule has 0 radical (unpaired) electrons. The van der Waals surface area contributed by atoms with Gasteiger partial charge in [-0.2, -0.15) is 0 Å². The van der Waals surface area contributed by atoms with Crippen molar-refractivity contribution in [3.63, 3.8) is 0 Å². The van der Waals surface area contributed by atoms with Crippen molar-refractivity contribution in [3.05, 3.63) is 35.0 Å². The van der Waals surface area contributed by atoms with Crippen LogP contribution in [-0.4, -0.2) is 32.8 Å². The third-order valence-electron chi connectivity index (χ3n) is 5.41. The van der Waals surface area contributed by atoms with Crippen LogP contribution in [-0.2, 0) is 0 Å². The van der Waals surface area contributed by atoms with Crippen LogP contribution in [0.5, 0.6) is 23.0 Å². The van der Waals surface area contributed by atoms with Crippen molar-refractivity contribution < 1.29 is 14.2 Å². The Bertz CT molecular complexity index is 1050. The molecule has 2 aromatic carbocycles. The molecule has 0 saturated heterocycles. The van der Waals surface area contributed by atoms with Gasteiger partial charge in [0.2, 0.25) is 5.36 Å². The Hall–Kier alpha value is -2.76. The molecule has 5 rings (SSSR count). The maximum absolute atomic E-state index is 6.23. The lowest BCUT2D eigenvalue weighted by Gasteiger charge is -2.22. The van der Waals surface area contributed by atoms with Crippen molar-refractivity contribution in [3.8, 4) is 23.0 Å². The highest BCUT2D eigenvalue weighted by Crippen LogP contribution is 2.42. The number of hydrogen-bond acceptors (Lipinski definition) is 5. The lowest BCUT2D eigenvalue weighted by atomic mass is 10.1. The number of nitrogens with zero attached hydrogens (tertiary/aromatic N) is 2. The molecule has 0 amide bonds. The quantitative estimate of drug-likeness (QED) is 0.707. The molecule has 6 heteroatoms. The molecule has 0 saturated carbocycles. The van der Waals surface area contributed by atoms with Crippen LogP contribution in [0, 0.1) is 5.92 Å². The van der Waals surface area contributed by atoms with Gasteiger partial charge in [0.1, 0.15) is 36.6 Å². The molecule has 2 aromatic rings. The number of ether oxygens (including phenoxy) is 3. The van der Waals surface area contributed by atoms with Crippen LogP contribution in [0.15, 0.2) is 29.3 Å². The van der Waals surface area contributed by atoms with Crippen LogP contribution in [0.1, 0.15) is 26.7 Å². The van der Waals surface area contributed by atoms with E-state index in [0.29, 0.717) is 13.2 Å². The maximum Gasteiger partial charge on any atom is 0.246 e. The smallest absolute Gasteiger partial charge is 0.246 e. The van der Waals surface area contributed by atoms with E-state index >= 15 is 0 Å². The normalized spacial score (nSPS) is 16.3. The number of hydrogen-bond donors (Lipinski definition) is 1. The first-order valence-electron chi connectivity index (χ1n) is 10.2. The highest BCUT2D eigenvalue weighted by Gasteiger charge is 2.23.